The molecule has 0 aliphatic rings. The molecule has 4 nitrogen and oxygen atoms in total. The van der Waals surface area contributed by atoms with Crippen molar-refractivity contribution < 1.29 is 0 Å². The molecule has 2 aromatic rings. The number of aryl methyl sites for hydroxylation is 2. The quantitative estimate of drug-likeness (QED) is 0.797. The van der Waals surface area contributed by atoms with Gasteiger partial charge in [0.05, 0.1) is 23.0 Å². The van der Waals surface area contributed by atoms with Gasteiger partial charge in [-0.3, -0.25) is 9.36 Å². The second kappa shape index (κ2) is 4.75. The van der Waals surface area contributed by atoms with Crippen LogP contribution in [0.1, 0.15) is 18.3 Å². The Hall–Kier alpha value is -0.560. The fourth-order valence-electron chi connectivity index (χ4n) is 1.51. The van der Waals surface area contributed by atoms with E-state index < -0.39 is 0 Å². The molecule has 0 aromatic carbocycles. The standard InChI is InChI=1S/C10H12ClIN4/c1-3-7-4-8(15(2)13-7)5-16-6-9(11)10(12)14-16/h4,6H,3,5H2,1-2H3. The summed E-state index contributed by atoms with van der Waals surface area (Å²) in [5.41, 5.74) is 2.23. The van der Waals surface area contributed by atoms with Crippen molar-refractivity contribution in [1.29, 1.82) is 0 Å². The molecule has 0 amide bonds. The molecule has 6 heteroatoms. The van der Waals surface area contributed by atoms with Gasteiger partial charge >= 0.3 is 0 Å². The molecule has 0 saturated carbocycles. The maximum absolute atomic E-state index is 5.95. The normalized spacial score (nSPS) is 11.0. The molecule has 0 fully saturated rings. The maximum atomic E-state index is 5.95. The summed E-state index contributed by atoms with van der Waals surface area (Å²) in [5, 5.41) is 9.40. The summed E-state index contributed by atoms with van der Waals surface area (Å²) in [6, 6.07) is 2.10. The molecule has 0 bridgehead atoms. The number of hydrogen-bond acceptors (Lipinski definition) is 2. The van der Waals surface area contributed by atoms with Gasteiger partial charge in [0.2, 0.25) is 0 Å². The van der Waals surface area contributed by atoms with Crippen LogP contribution in [0.4, 0.5) is 0 Å². The van der Waals surface area contributed by atoms with Crippen molar-refractivity contribution in [3.8, 4) is 0 Å². The molecule has 0 aliphatic carbocycles. The molecule has 0 spiro atoms. The van der Waals surface area contributed by atoms with Gasteiger partial charge in [0, 0.05) is 13.2 Å². The van der Waals surface area contributed by atoms with Crippen molar-refractivity contribution >= 4 is 34.2 Å². The van der Waals surface area contributed by atoms with Crippen LogP contribution in [0.5, 0.6) is 0 Å². The molecule has 86 valence electrons. The van der Waals surface area contributed by atoms with Crippen molar-refractivity contribution in [2.75, 3.05) is 0 Å². The van der Waals surface area contributed by atoms with E-state index in [0.717, 1.165) is 21.5 Å². The Kier molecular flexibility index (Phi) is 3.53. The van der Waals surface area contributed by atoms with Gasteiger partial charge in [-0.2, -0.15) is 10.2 Å². The Balaban J connectivity index is 2.23. The summed E-state index contributed by atoms with van der Waals surface area (Å²) in [7, 11) is 1.95. The molecular weight excluding hydrogens is 338 g/mol. The molecule has 2 rings (SSSR count). The summed E-state index contributed by atoms with van der Waals surface area (Å²) in [6.45, 7) is 2.80. The van der Waals surface area contributed by atoms with E-state index >= 15 is 0 Å². The van der Waals surface area contributed by atoms with Gasteiger partial charge in [0.15, 0.2) is 0 Å². The minimum Gasteiger partial charge on any atom is -0.270 e. The first-order valence-corrected chi connectivity index (χ1v) is 6.46. The first-order valence-electron chi connectivity index (χ1n) is 5.00. The molecule has 0 aliphatic heterocycles. The van der Waals surface area contributed by atoms with Crippen LogP contribution < -0.4 is 0 Å². The average molecular weight is 351 g/mol. The minimum absolute atomic E-state index is 0.693. The smallest absolute Gasteiger partial charge is 0.141 e. The second-order valence-electron chi connectivity index (χ2n) is 3.57. The van der Waals surface area contributed by atoms with Crippen molar-refractivity contribution in [3.63, 3.8) is 0 Å². The van der Waals surface area contributed by atoms with Crippen molar-refractivity contribution in [2.24, 2.45) is 7.05 Å². The first kappa shape index (κ1) is 11.9. The highest BCUT2D eigenvalue weighted by Gasteiger charge is 2.07. The number of nitrogens with zero attached hydrogens (tertiary/aromatic N) is 4. The predicted octanol–water partition coefficient (Wildman–Crippen LogP) is 2.49. The van der Waals surface area contributed by atoms with Crippen molar-refractivity contribution in [1.82, 2.24) is 19.6 Å². The average Bonchev–Trinajstić information content (AvgIpc) is 2.73. The number of halogens is 2. The molecular formula is C10H12ClIN4. The summed E-state index contributed by atoms with van der Waals surface area (Å²) in [4.78, 5) is 0. The maximum Gasteiger partial charge on any atom is 0.141 e. The van der Waals surface area contributed by atoms with E-state index in [0.29, 0.717) is 11.6 Å². The zero-order valence-corrected chi connectivity index (χ0v) is 12.0. The third-order valence-corrected chi connectivity index (χ3v) is 3.78. The van der Waals surface area contributed by atoms with Crippen LogP contribution in [0.3, 0.4) is 0 Å². The second-order valence-corrected chi connectivity index (χ2v) is 5.00. The molecule has 0 N–H and O–H groups in total. The SMILES string of the molecule is CCc1cc(Cn2cc(Cl)c(I)n2)n(C)n1. The van der Waals surface area contributed by atoms with Gasteiger partial charge in [0.1, 0.15) is 3.70 Å². The van der Waals surface area contributed by atoms with E-state index in [1.165, 1.54) is 0 Å². The van der Waals surface area contributed by atoms with Crippen LogP contribution in [-0.2, 0) is 20.0 Å². The summed E-state index contributed by atoms with van der Waals surface area (Å²) < 4.78 is 4.55. The van der Waals surface area contributed by atoms with Gasteiger partial charge in [-0.05, 0) is 35.1 Å². The summed E-state index contributed by atoms with van der Waals surface area (Å²) in [5.74, 6) is 0. The first-order chi connectivity index (χ1) is 7.60. The van der Waals surface area contributed by atoms with Gasteiger partial charge < -0.3 is 0 Å². The lowest BCUT2D eigenvalue weighted by molar-refractivity contribution is 0.615. The van der Waals surface area contributed by atoms with E-state index in [2.05, 4.69) is 45.8 Å². The van der Waals surface area contributed by atoms with Gasteiger partial charge in [0.25, 0.3) is 0 Å². The molecule has 0 saturated heterocycles. The Morgan fingerprint density at radius 3 is 2.69 bits per heavy atom. The number of rotatable bonds is 3. The van der Waals surface area contributed by atoms with Crippen LogP contribution in [0.15, 0.2) is 12.3 Å². The van der Waals surface area contributed by atoms with Gasteiger partial charge in [-0.25, -0.2) is 0 Å². The van der Waals surface area contributed by atoms with Crippen LogP contribution in [0.25, 0.3) is 0 Å². The fraction of sp³-hybridized carbons (Fsp3) is 0.400. The number of hydrogen-bond donors (Lipinski definition) is 0. The lowest BCUT2D eigenvalue weighted by atomic mass is 10.3. The zero-order chi connectivity index (χ0) is 11.7. The Morgan fingerprint density at radius 2 is 2.19 bits per heavy atom. The van der Waals surface area contributed by atoms with Crippen LogP contribution in [-0.4, -0.2) is 19.6 Å². The fourth-order valence-corrected chi connectivity index (χ4v) is 2.08. The van der Waals surface area contributed by atoms with Gasteiger partial charge in [-0.1, -0.05) is 18.5 Å². The molecule has 2 aromatic heterocycles. The molecule has 0 radical (unpaired) electrons. The highest BCUT2D eigenvalue weighted by molar-refractivity contribution is 14.1. The van der Waals surface area contributed by atoms with E-state index in [4.69, 9.17) is 11.6 Å². The predicted molar refractivity (Wildman–Crippen MR) is 71.6 cm³/mol. The van der Waals surface area contributed by atoms with Crippen LogP contribution >= 0.6 is 34.2 Å². The Morgan fingerprint density at radius 1 is 1.44 bits per heavy atom. The minimum atomic E-state index is 0.693. The zero-order valence-electron chi connectivity index (χ0n) is 9.11. The molecule has 2 heterocycles. The lowest BCUT2D eigenvalue weighted by Gasteiger charge is -2.01. The monoisotopic (exact) mass is 350 g/mol. The molecule has 16 heavy (non-hydrogen) atoms. The highest BCUT2D eigenvalue weighted by atomic mass is 127. The molecule has 0 unspecified atom stereocenters. The van der Waals surface area contributed by atoms with Crippen LogP contribution in [0, 0.1) is 3.70 Å². The Labute approximate surface area is 113 Å². The third kappa shape index (κ3) is 2.40. The van der Waals surface area contributed by atoms with Crippen LogP contribution in [0.2, 0.25) is 5.02 Å². The largest absolute Gasteiger partial charge is 0.270 e. The van der Waals surface area contributed by atoms with E-state index in [1.807, 2.05) is 22.6 Å². The topological polar surface area (TPSA) is 35.6 Å². The summed E-state index contributed by atoms with van der Waals surface area (Å²) >= 11 is 8.08. The third-order valence-electron chi connectivity index (χ3n) is 2.39. The van der Waals surface area contributed by atoms with Gasteiger partial charge in [-0.15, -0.1) is 0 Å². The van der Waals surface area contributed by atoms with E-state index in [-0.39, 0.29) is 0 Å². The lowest BCUT2D eigenvalue weighted by Crippen LogP contribution is -2.06. The van der Waals surface area contributed by atoms with E-state index in [1.54, 1.807) is 0 Å². The van der Waals surface area contributed by atoms with E-state index in [9.17, 15) is 0 Å². The number of aromatic nitrogens is 4. The molecule has 0 atom stereocenters. The summed E-state index contributed by atoms with van der Waals surface area (Å²) in [6.07, 6.45) is 2.78. The van der Waals surface area contributed by atoms with Crippen molar-refractivity contribution in [2.45, 2.75) is 19.9 Å². The van der Waals surface area contributed by atoms with Crippen molar-refractivity contribution in [3.05, 3.63) is 32.4 Å². The Bertz CT molecular complexity index is 483. The highest BCUT2D eigenvalue weighted by Crippen LogP contribution is 2.16.